The molecular weight excluding hydrogens is 406 g/mol. The Morgan fingerprint density at radius 3 is 2.48 bits per heavy atom. The lowest BCUT2D eigenvalue weighted by Gasteiger charge is -2.28. The third-order valence-electron chi connectivity index (χ3n) is 5.16. The Morgan fingerprint density at radius 1 is 1.07 bits per heavy atom. The van der Waals surface area contributed by atoms with E-state index in [0.717, 1.165) is 21.8 Å². The molecule has 1 aromatic heterocycles. The molecular formula is C23H28ClNO3S. The van der Waals surface area contributed by atoms with Gasteiger partial charge in [0.2, 0.25) is 0 Å². The number of aliphatic hydroxyl groups is 2. The van der Waals surface area contributed by atoms with Gasteiger partial charge in [0.25, 0.3) is 0 Å². The lowest BCUT2D eigenvalue weighted by molar-refractivity contribution is -0.696. The summed E-state index contributed by atoms with van der Waals surface area (Å²) >= 11 is 1.55. The minimum atomic E-state index is -1.09. The van der Waals surface area contributed by atoms with Crippen LogP contribution >= 0.6 is 11.3 Å². The maximum absolute atomic E-state index is 11.6. The Kier molecular flexibility index (Phi) is 8.68. The summed E-state index contributed by atoms with van der Waals surface area (Å²) in [6, 6.07) is 21.2. The van der Waals surface area contributed by atoms with Crippen LogP contribution in [-0.2, 0) is 5.60 Å². The highest BCUT2D eigenvalue weighted by Gasteiger charge is 2.34. The molecule has 0 saturated carbocycles. The zero-order chi connectivity index (χ0) is 20.0. The van der Waals surface area contributed by atoms with Gasteiger partial charge >= 0.3 is 0 Å². The van der Waals surface area contributed by atoms with Crippen LogP contribution in [0.3, 0.4) is 0 Å². The Labute approximate surface area is 182 Å². The number of thiophene rings is 1. The minimum absolute atomic E-state index is 0. The summed E-state index contributed by atoms with van der Waals surface area (Å²) < 4.78 is 5.34. The summed E-state index contributed by atoms with van der Waals surface area (Å²) in [4.78, 5) is 0.908. The molecule has 4 N–H and O–H groups in total. The van der Waals surface area contributed by atoms with Crippen molar-refractivity contribution in [3.8, 4) is 5.75 Å². The Hall–Kier alpha value is -1.89. The van der Waals surface area contributed by atoms with Crippen molar-refractivity contribution < 1.29 is 32.7 Å². The monoisotopic (exact) mass is 433 g/mol. The Morgan fingerprint density at radius 2 is 1.83 bits per heavy atom. The van der Waals surface area contributed by atoms with Gasteiger partial charge in [-0.15, -0.1) is 11.3 Å². The molecule has 6 heteroatoms. The number of nitrogens with two attached hydrogens (primary N) is 1. The number of hydrogen-bond donors (Lipinski definition) is 3. The van der Waals surface area contributed by atoms with Gasteiger partial charge in [-0.05, 0) is 41.6 Å². The Bertz CT molecular complexity index is 860. The van der Waals surface area contributed by atoms with Crippen LogP contribution in [0.25, 0.3) is 0 Å². The van der Waals surface area contributed by atoms with E-state index in [1.54, 1.807) is 18.4 Å². The van der Waals surface area contributed by atoms with Crippen LogP contribution in [0.15, 0.2) is 72.1 Å². The fourth-order valence-electron chi connectivity index (χ4n) is 3.44. The van der Waals surface area contributed by atoms with Gasteiger partial charge in [-0.1, -0.05) is 48.5 Å². The van der Waals surface area contributed by atoms with Gasteiger partial charge in [-0.25, -0.2) is 0 Å². The van der Waals surface area contributed by atoms with Crippen LogP contribution in [0.5, 0.6) is 5.75 Å². The molecule has 0 saturated heterocycles. The molecule has 3 unspecified atom stereocenters. The molecule has 0 bridgehead atoms. The smallest absolute Gasteiger partial charge is 0.130 e. The summed E-state index contributed by atoms with van der Waals surface area (Å²) in [5, 5.41) is 26.3. The number of quaternary nitrogens is 1. The molecule has 4 nitrogen and oxygen atoms in total. The molecule has 1 heterocycles. The molecule has 29 heavy (non-hydrogen) atoms. The first-order valence-corrected chi connectivity index (χ1v) is 10.4. The van der Waals surface area contributed by atoms with Crippen molar-refractivity contribution in [1.82, 2.24) is 0 Å². The standard InChI is InChI=1S/C23H27NO3S.ClH/c1-17(22(25)18-8-4-3-5-9-18)24-14-13-23(26,21-12-7-15-28-21)19-10-6-11-20(16-19)27-2;/h3-12,15-17,22,24-26H,13-14H2,1-2H3;1H. The molecule has 156 valence electrons. The van der Waals surface area contributed by atoms with Gasteiger partial charge in [0.15, 0.2) is 0 Å². The second kappa shape index (κ2) is 10.8. The number of benzene rings is 2. The second-order valence-electron chi connectivity index (χ2n) is 7.06. The van der Waals surface area contributed by atoms with E-state index in [0.29, 0.717) is 13.0 Å². The fourth-order valence-corrected chi connectivity index (χ4v) is 4.32. The molecule has 0 amide bonds. The summed E-state index contributed by atoms with van der Waals surface area (Å²) in [7, 11) is 1.63. The van der Waals surface area contributed by atoms with Gasteiger partial charge in [-0.2, -0.15) is 0 Å². The zero-order valence-electron chi connectivity index (χ0n) is 16.7. The first-order valence-electron chi connectivity index (χ1n) is 9.52. The fraction of sp³-hybridized carbons (Fsp3) is 0.304. The van der Waals surface area contributed by atoms with Crippen molar-refractivity contribution in [2.75, 3.05) is 13.7 Å². The first kappa shape index (κ1) is 23.4. The topological polar surface area (TPSA) is 66.3 Å². The summed E-state index contributed by atoms with van der Waals surface area (Å²) in [5.74, 6) is 0.726. The molecule has 3 rings (SSSR count). The number of halogens is 1. The van der Waals surface area contributed by atoms with Gasteiger partial charge in [0.05, 0.1) is 13.7 Å². The molecule has 0 radical (unpaired) electrons. The molecule has 0 aliphatic carbocycles. The summed E-state index contributed by atoms with van der Waals surface area (Å²) in [5.41, 5.74) is 0.642. The first-order chi connectivity index (χ1) is 13.5. The van der Waals surface area contributed by atoms with E-state index in [1.165, 1.54) is 0 Å². The average molecular weight is 434 g/mol. The summed E-state index contributed by atoms with van der Waals surface area (Å²) in [6.45, 7) is 2.68. The normalized spacial score (nSPS) is 15.0. The maximum Gasteiger partial charge on any atom is 0.130 e. The van der Waals surface area contributed by atoms with Gasteiger partial charge in [0.1, 0.15) is 23.5 Å². The number of rotatable bonds is 9. The van der Waals surface area contributed by atoms with E-state index in [1.807, 2.05) is 79.0 Å². The Balaban J connectivity index is 0.00000300. The van der Waals surface area contributed by atoms with E-state index >= 15 is 0 Å². The van der Waals surface area contributed by atoms with E-state index < -0.39 is 11.7 Å². The molecule has 3 aromatic rings. The highest BCUT2D eigenvalue weighted by molar-refractivity contribution is 7.10. The molecule has 0 aliphatic rings. The molecule has 2 aromatic carbocycles. The maximum atomic E-state index is 11.6. The minimum Gasteiger partial charge on any atom is -1.00 e. The van der Waals surface area contributed by atoms with Gasteiger partial charge in [-0.3, -0.25) is 0 Å². The quantitative estimate of drug-likeness (QED) is 0.447. The lowest BCUT2D eigenvalue weighted by Crippen LogP contribution is -3.00. The van der Waals surface area contributed by atoms with Crippen LogP contribution in [0.1, 0.15) is 35.5 Å². The van der Waals surface area contributed by atoms with Crippen molar-refractivity contribution >= 4 is 11.3 Å². The molecule has 3 atom stereocenters. The number of hydrogen-bond acceptors (Lipinski definition) is 4. The van der Waals surface area contributed by atoms with Crippen LogP contribution in [0.4, 0.5) is 0 Å². The zero-order valence-corrected chi connectivity index (χ0v) is 18.2. The van der Waals surface area contributed by atoms with E-state index in [2.05, 4.69) is 5.32 Å². The third kappa shape index (κ3) is 5.59. The average Bonchev–Trinajstić information content (AvgIpc) is 3.29. The van der Waals surface area contributed by atoms with Crippen LogP contribution in [0.2, 0.25) is 0 Å². The lowest BCUT2D eigenvalue weighted by atomic mass is 9.88. The van der Waals surface area contributed by atoms with E-state index in [9.17, 15) is 10.2 Å². The van der Waals surface area contributed by atoms with Gasteiger partial charge < -0.3 is 32.7 Å². The number of methoxy groups -OCH3 is 1. The van der Waals surface area contributed by atoms with Crippen molar-refractivity contribution in [2.45, 2.75) is 31.1 Å². The number of ether oxygens (including phenoxy) is 1. The van der Waals surface area contributed by atoms with E-state index in [4.69, 9.17) is 4.74 Å². The van der Waals surface area contributed by atoms with E-state index in [-0.39, 0.29) is 18.4 Å². The number of aliphatic hydroxyl groups excluding tert-OH is 1. The van der Waals surface area contributed by atoms with Crippen molar-refractivity contribution in [2.24, 2.45) is 0 Å². The molecule has 0 aliphatic heterocycles. The highest BCUT2D eigenvalue weighted by Crippen LogP contribution is 2.36. The largest absolute Gasteiger partial charge is 1.00 e. The molecule has 0 fully saturated rings. The van der Waals surface area contributed by atoms with Crippen LogP contribution in [-0.4, -0.2) is 29.9 Å². The highest BCUT2D eigenvalue weighted by atomic mass is 35.5. The SMILES string of the molecule is COc1cccc(C(O)(CC[NH2+]C(C)C(O)c2ccccc2)c2cccs2)c1.[Cl-]. The van der Waals surface area contributed by atoms with Crippen LogP contribution < -0.4 is 22.5 Å². The second-order valence-corrected chi connectivity index (χ2v) is 8.01. The van der Waals surface area contributed by atoms with Crippen molar-refractivity contribution in [3.05, 3.63) is 88.1 Å². The van der Waals surface area contributed by atoms with Crippen molar-refractivity contribution in [1.29, 1.82) is 0 Å². The third-order valence-corrected chi connectivity index (χ3v) is 6.18. The van der Waals surface area contributed by atoms with Gasteiger partial charge in [0, 0.05) is 11.3 Å². The summed E-state index contributed by atoms with van der Waals surface area (Å²) in [6.07, 6.45) is -0.0140. The molecule has 0 spiro atoms. The van der Waals surface area contributed by atoms with Crippen molar-refractivity contribution in [3.63, 3.8) is 0 Å². The predicted octanol–water partition coefficient (Wildman–Crippen LogP) is 0.0722. The predicted molar refractivity (Wildman–Crippen MR) is 113 cm³/mol. The van der Waals surface area contributed by atoms with Crippen LogP contribution in [0, 0.1) is 0 Å².